The first-order valence-electron chi connectivity index (χ1n) is 14.1. The van der Waals surface area contributed by atoms with Gasteiger partial charge in [-0.1, -0.05) is 38.1 Å². The highest BCUT2D eigenvalue weighted by Gasteiger charge is 2.36. The van der Waals surface area contributed by atoms with Crippen LogP contribution in [-0.2, 0) is 18.3 Å². The van der Waals surface area contributed by atoms with Crippen molar-refractivity contribution in [3.05, 3.63) is 63.7 Å². The summed E-state index contributed by atoms with van der Waals surface area (Å²) in [5, 5.41) is 9.47. The van der Waals surface area contributed by atoms with Gasteiger partial charge in [-0.2, -0.15) is 10.2 Å². The molecule has 9 heteroatoms. The highest BCUT2D eigenvalue weighted by atomic mass is 16.5. The van der Waals surface area contributed by atoms with E-state index in [0.29, 0.717) is 22.5 Å². The number of morpholine rings is 1. The molecule has 3 aromatic rings. The minimum atomic E-state index is -0.306. The van der Waals surface area contributed by atoms with E-state index in [2.05, 4.69) is 75.8 Å². The molecule has 1 unspecified atom stereocenters. The van der Waals surface area contributed by atoms with Crippen LogP contribution in [0, 0.1) is 11.3 Å². The second-order valence-corrected chi connectivity index (χ2v) is 10.7. The summed E-state index contributed by atoms with van der Waals surface area (Å²) in [5.74, 6) is 0.593. The predicted molar refractivity (Wildman–Crippen MR) is 153 cm³/mol. The Labute approximate surface area is 230 Å². The number of pyridine rings is 1. The van der Waals surface area contributed by atoms with Gasteiger partial charge in [0.2, 0.25) is 0 Å². The third kappa shape index (κ3) is 5.55. The van der Waals surface area contributed by atoms with E-state index in [9.17, 15) is 10.1 Å². The number of fused-ring (bicyclic) bond motifs is 1. The van der Waals surface area contributed by atoms with E-state index in [1.54, 1.807) is 19.2 Å². The van der Waals surface area contributed by atoms with E-state index >= 15 is 0 Å². The molecule has 0 N–H and O–H groups in total. The fourth-order valence-electron chi connectivity index (χ4n) is 6.00. The Morgan fingerprint density at radius 2 is 1.74 bits per heavy atom. The molecule has 3 atom stereocenters. The average molecular weight is 530 g/mol. The number of rotatable bonds is 7. The maximum atomic E-state index is 12.8. The second kappa shape index (κ2) is 11.8. The van der Waals surface area contributed by atoms with Crippen molar-refractivity contribution in [1.82, 2.24) is 24.3 Å². The summed E-state index contributed by atoms with van der Waals surface area (Å²) in [6, 6.07) is 15.4. The highest BCUT2D eigenvalue weighted by Crippen LogP contribution is 2.33. The van der Waals surface area contributed by atoms with Crippen LogP contribution in [0.3, 0.4) is 0 Å². The molecule has 0 saturated carbocycles. The van der Waals surface area contributed by atoms with Crippen molar-refractivity contribution in [3.63, 3.8) is 0 Å². The summed E-state index contributed by atoms with van der Waals surface area (Å²) in [7, 11) is 1.70. The maximum absolute atomic E-state index is 12.8. The first-order chi connectivity index (χ1) is 18.9. The Morgan fingerprint density at radius 3 is 2.41 bits per heavy atom. The van der Waals surface area contributed by atoms with Gasteiger partial charge in [0.1, 0.15) is 17.3 Å². The van der Waals surface area contributed by atoms with E-state index in [1.807, 2.05) is 0 Å². The molecule has 0 radical (unpaired) electrons. The lowest BCUT2D eigenvalue weighted by Crippen LogP contribution is -2.59. The van der Waals surface area contributed by atoms with E-state index in [0.717, 1.165) is 58.8 Å². The van der Waals surface area contributed by atoms with Gasteiger partial charge in [0.15, 0.2) is 5.82 Å². The SMILES string of the molecule is CC[C@H]1CN(C(C)c2ccc(CN3CCOCC3)cc2)[C@H](CC)CN1c1nc(=O)n(C)c2ccc(C#N)nc12. The van der Waals surface area contributed by atoms with E-state index in [4.69, 9.17) is 4.74 Å². The van der Waals surface area contributed by atoms with Crippen molar-refractivity contribution in [3.8, 4) is 6.07 Å². The topological polar surface area (TPSA) is 90.5 Å². The van der Waals surface area contributed by atoms with Gasteiger partial charge < -0.3 is 9.64 Å². The first kappa shape index (κ1) is 27.3. The zero-order valence-corrected chi connectivity index (χ0v) is 23.5. The Kier molecular flexibility index (Phi) is 8.26. The van der Waals surface area contributed by atoms with Crippen LogP contribution >= 0.6 is 0 Å². The Morgan fingerprint density at radius 1 is 1.03 bits per heavy atom. The number of ether oxygens (including phenoxy) is 1. The number of hydrogen-bond donors (Lipinski definition) is 0. The minimum Gasteiger partial charge on any atom is -0.379 e. The average Bonchev–Trinajstić information content (AvgIpc) is 2.98. The van der Waals surface area contributed by atoms with Crippen molar-refractivity contribution < 1.29 is 4.74 Å². The standard InChI is InChI=1S/C30H39N7O2/c1-5-25-20-37(29-28-27(34(4)30(38)33-29)12-11-24(17-31)32-28)26(6-2)19-36(25)21(3)23-9-7-22(8-10-23)18-35-13-15-39-16-14-35/h7-12,21,25-26H,5-6,13-16,18-20H2,1-4H3/t21?,25-,26+/m1/s1. The van der Waals surface area contributed by atoms with Crippen LogP contribution in [0.4, 0.5) is 5.82 Å². The molecule has 0 aliphatic carbocycles. The fraction of sp³-hybridized carbons (Fsp3) is 0.533. The summed E-state index contributed by atoms with van der Waals surface area (Å²) < 4.78 is 6.99. The van der Waals surface area contributed by atoms with Crippen LogP contribution in [0.1, 0.15) is 56.5 Å². The number of anilines is 1. The van der Waals surface area contributed by atoms with Gasteiger partial charge >= 0.3 is 5.69 Å². The predicted octanol–water partition coefficient (Wildman–Crippen LogP) is 3.47. The Hall–Kier alpha value is -3.32. The van der Waals surface area contributed by atoms with Crippen LogP contribution in [0.5, 0.6) is 0 Å². The lowest BCUT2D eigenvalue weighted by molar-refractivity contribution is 0.0342. The molecular formula is C30H39N7O2. The number of hydrogen-bond acceptors (Lipinski definition) is 8. The summed E-state index contributed by atoms with van der Waals surface area (Å²) >= 11 is 0. The molecule has 39 heavy (non-hydrogen) atoms. The third-order valence-corrected chi connectivity index (χ3v) is 8.47. The van der Waals surface area contributed by atoms with Crippen LogP contribution < -0.4 is 10.6 Å². The van der Waals surface area contributed by atoms with Crippen LogP contribution in [0.2, 0.25) is 0 Å². The van der Waals surface area contributed by atoms with Crippen LogP contribution in [-0.4, -0.2) is 75.8 Å². The van der Waals surface area contributed by atoms with E-state index in [1.165, 1.54) is 15.7 Å². The zero-order chi connectivity index (χ0) is 27.5. The molecule has 2 aliphatic heterocycles. The molecule has 0 spiro atoms. The lowest BCUT2D eigenvalue weighted by atomic mass is 9.96. The minimum absolute atomic E-state index is 0.172. The van der Waals surface area contributed by atoms with Gasteiger partial charge in [0.25, 0.3) is 0 Å². The molecule has 2 aromatic heterocycles. The number of nitrogens with zero attached hydrogens (tertiary/aromatic N) is 7. The van der Waals surface area contributed by atoms with Crippen LogP contribution in [0.25, 0.3) is 11.0 Å². The van der Waals surface area contributed by atoms with Gasteiger partial charge in [0, 0.05) is 57.9 Å². The Bertz CT molecular complexity index is 1390. The number of aromatic nitrogens is 3. The first-order valence-corrected chi connectivity index (χ1v) is 14.1. The number of aryl methyl sites for hydroxylation is 1. The van der Waals surface area contributed by atoms with E-state index in [-0.39, 0.29) is 23.8 Å². The summed E-state index contributed by atoms with van der Waals surface area (Å²) in [6.45, 7) is 12.9. The maximum Gasteiger partial charge on any atom is 0.349 e. The monoisotopic (exact) mass is 529 g/mol. The summed E-state index contributed by atoms with van der Waals surface area (Å²) in [6.07, 6.45) is 1.89. The molecule has 2 fully saturated rings. The van der Waals surface area contributed by atoms with Gasteiger partial charge in [-0.25, -0.2) is 9.78 Å². The molecule has 0 amide bonds. The van der Waals surface area contributed by atoms with Crippen LogP contribution in [0.15, 0.2) is 41.2 Å². The summed E-state index contributed by atoms with van der Waals surface area (Å²) in [4.78, 5) is 29.2. The largest absolute Gasteiger partial charge is 0.379 e. The molecule has 9 nitrogen and oxygen atoms in total. The molecule has 4 heterocycles. The second-order valence-electron chi connectivity index (χ2n) is 10.7. The van der Waals surface area contributed by atoms with Crippen molar-refractivity contribution in [2.24, 2.45) is 7.05 Å². The smallest absolute Gasteiger partial charge is 0.349 e. The number of piperazine rings is 1. The quantitative estimate of drug-likeness (QED) is 0.460. The molecule has 2 saturated heterocycles. The van der Waals surface area contributed by atoms with Crippen molar-refractivity contribution in [2.75, 3.05) is 44.3 Å². The van der Waals surface area contributed by atoms with Crippen molar-refractivity contribution >= 4 is 16.9 Å². The fourth-order valence-corrected chi connectivity index (χ4v) is 6.00. The summed E-state index contributed by atoms with van der Waals surface area (Å²) in [5.41, 5.74) is 3.99. The molecule has 2 aliphatic rings. The van der Waals surface area contributed by atoms with Crippen molar-refractivity contribution in [2.45, 2.75) is 58.3 Å². The molecular weight excluding hydrogens is 490 g/mol. The zero-order valence-electron chi connectivity index (χ0n) is 23.5. The van der Waals surface area contributed by atoms with Gasteiger partial charge in [-0.15, -0.1) is 0 Å². The lowest BCUT2D eigenvalue weighted by Gasteiger charge is -2.49. The van der Waals surface area contributed by atoms with Crippen molar-refractivity contribution in [1.29, 1.82) is 5.26 Å². The Balaban J connectivity index is 1.40. The third-order valence-electron chi connectivity index (χ3n) is 8.47. The molecule has 5 rings (SSSR count). The highest BCUT2D eigenvalue weighted by molar-refractivity contribution is 5.86. The molecule has 0 bridgehead atoms. The number of benzene rings is 1. The van der Waals surface area contributed by atoms with Gasteiger partial charge in [-0.05, 0) is 43.0 Å². The van der Waals surface area contributed by atoms with Gasteiger partial charge in [-0.3, -0.25) is 14.4 Å². The molecule has 206 valence electrons. The molecule has 1 aromatic carbocycles. The number of nitriles is 1. The van der Waals surface area contributed by atoms with Gasteiger partial charge in [0.05, 0.1) is 18.7 Å². The van der Waals surface area contributed by atoms with E-state index < -0.39 is 0 Å². The normalized spacial score (nSPS) is 21.7.